The van der Waals surface area contributed by atoms with Gasteiger partial charge in [-0.1, -0.05) is 13.8 Å². The Balaban J connectivity index is 1.86. The average molecular weight is 277 g/mol. The molecule has 1 aromatic rings. The molecule has 110 valence electrons. The number of nitrogens with two attached hydrogens (primary N) is 1. The molecule has 0 aromatic carbocycles. The van der Waals surface area contributed by atoms with Crippen molar-refractivity contribution in [3.8, 4) is 0 Å². The van der Waals surface area contributed by atoms with Crippen LogP contribution in [0.1, 0.15) is 20.3 Å². The van der Waals surface area contributed by atoms with Crippen LogP contribution in [-0.4, -0.2) is 53.0 Å². The quantitative estimate of drug-likeness (QED) is 0.867. The first-order valence-electron chi connectivity index (χ1n) is 7.13. The van der Waals surface area contributed by atoms with Crippen LogP contribution >= 0.6 is 0 Å². The van der Waals surface area contributed by atoms with Gasteiger partial charge >= 0.3 is 0 Å². The number of nitrogens with zero attached hydrogens (tertiary/aromatic N) is 4. The molecule has 1 fully saturated rings. The van der Waals surface area contributed by atoms with Crippen molar-refractivity contribution in [3.05, 3.63) is 18.6 Å². The summed E-state index contributed by atoms with van der Waals surface area (Å²) in [7, 11) is 0. The zero-order chi connectivity index (χ0) is 14.5. The summed E-state index contributed by atoms with van der Waals surface area (Å²) >= 11 is 0. The molecule has 2 heterocycles. The summed E-state index contributed by atoms with van der Waals surface area (Å²) in [4.78, 5) is 24.6. The molecule has 0 bridgehead atoms. The number of aromatic nitrogens is 2. The second-order valence-corrected chi connectivity index (χ2v) is 5.61. The van der Waals surface area contributed by atoms with Crippen LogP contribution in [0.15, 0.2) is 18.6 Å². The number of rotatable bonds is 4. The Morgan fingerprint density at radius 2 is 2.00 bits per heavy atom. The SMILES string of the molecule is CC(C)CC(N)C(=O)N1CCN(c2cnccn2)CC1. The zero-order valence-corrected chi connectivity index (χ0v) is 12.2. The topological polar surface area (TPSA) is 75.4 Å². The molecule has 20 heavy (non-hydrogen) atoms. The number of anilines is 1. The van der Waals surface area contributed by atoms with Crippen molar-refractivity contribution in [2.45, 2.75) is 26.3 Å². The van der Waals surface area contributed by atoms with Gasteiger partial charge in [-0.3, -0.25) is 9.78 Å². The van der Waals surface area contributed by atoms with E-state index >= 15 is 0 Å². The second kappa shape index (κ2) is 6.65. The van der Waals surface area contributed by atoms with E-state index < -0.39 is 0 Å². The first-order valence-corrected chi connectivity index (χ1v) is 7.13. The van der Waals surface area contributed by atoms with Crippen LogP contribution in [-0.2, 0) is 4.79 Å². The van der Waals surface area contributed by atoms with E-state index in [1.165, 1.54) is 0 Å². The fourth-order valence-corrected chi connectivity index (χ4v) is 2.45. The van der Waals surface area contributed by atoms with Gasteiger partial charge in [0.15, 0.2) is 0 Å². The third-order valence-corrected chi connectivity index (χ3v) is 3.51. The summed E-state index contributed by atoms with van der Waals surface area (Å²) in [5, 5.41) is 0. The predicted octanol–water partition coefficient (Wildman–Crippen LogP) is 0.499. The summed E-state index contributed by atoms with van der Waals surface area (Å²) in [6.07, 6.45) is 5.84. The fraction of sp³-hybridized carbons (Fsp3) is 0.643. The molecule has 1 aromatic heterocycles. The Morgan fingerprint density at radius 3 is 2.55 bits per heavy atom. The standard InChI is InChI=1S/C14H23N5O/c1-11(2)9-12(15)14(20)19-7-5-18(6-8-19)13-10-16-3-4-17-13/h3-4,10-12H,5-9,15H2,1-2H3. The molecule has 2 rings (SSSR count). The van der Waals surface area contributed by atoms with Crippen molar-refractivity contribution < 1.29 is 4.79 Å². The van der Waals surface area contributed by atoms with Crippen LogP contribution in [0.2, 0.25) is 0 Å². The lowest BCUT2D eigenvalue weighted by molar-refractivity contribution is -0.133. The predicted molar refractivity (Wildman–Crippen MR) is 78.3 cm³/mol. The average Bonchev–Trinajstić information content (AvgIpc) is 2.47. The number of amides is 1. The van der Waals surface area contributed by atoms with E-state index in [-0.39, 0.29) is 11.9 Å². The molecule has 0 saturated carbocycles. The van der Waals surface area contributed by atoms with E-state index in [0.717, 1.165) is 25.3 Å². The van der Waals surface area contributed by atoms with Gasteiger partial charge < -0.3 is 15.5 Å². The minimum Gasteiger partial charge on any atom is -0.352 e. The van der Waals surface area contributed by atoms with Crippen molar-refractivity contribution in [2.24, 2.45) is 11.7 Å². The number of hydrogen-bond donors (Lipinski definition) is 1. The van der Waals surface area contributed by atoms with E-state index in [0.29, 0.717) is 19.0 Å². The molecule has 1 aliphatic rings. The van der Waals surface area contributed by atoms with Gasteiger partial charge in [-0.05, 0) is 12.3 Å². The summed E-state index contributed by atoms with van der Waals surface area (Å²) in [5.74, 6) is 1.37. The van der Waals surface area contributed by atoms with Gasteiger partial charge in [0.25, 0.3) is 0 Å². The summed E-state index contributed by atoms with van der Waals surface area (Å²) in [5.41, 5.74) is 5.97. The zero-order valence-electron chi connectivity index (χ0n) is 12.2. The molecule has 1 atom stereocenters. The highest BCUT2D eigenvalue weighted by atomic mass is 16.2. The molecule has 1 aliphatic heterocycles. The first-order chi connectivity index (χ1) is 9.58. The van der Waals surface area contributed by atoms with Gasteiger partial charge in [-0.25, -0.2) is 4.98 Å². The summed E-state index contributed by atoms with van der Waals surface area (Å²) < 4.78 is 0. The molecule has 1 unspecified atom stereocenters. The van der Waals surface area contributed by atoms with Gasteiger partial charge in [0, 0.05) is 38.6 Å². The molecular formula is C14H23N5O. The third kappa shape index (κ3) is 3.66. The highest BCUT2D eigenvalue weighted by Gasteiger charge is 2.26. The lowest BCUT2D eigenvalue weighted by Gasteiger charge is -2.36. The maximum absolute atomic E-state index is 12.2. The van der Waals surface area contributed by atoms with Crippen LogP contribution in [0.4, 0.5) is 5.82 Å². The van der Waals surface area contributed by atoms with Gasteiger partial charge in [0.1, 0.15) is 5.82 Å². The Labute approximate surface area is 120 Å². The molecule has 0 aliphatic carbocycles. The minimum absolute atomic E-state index is 0.0671. The van der Waals surface area contributed by atoms with Crippen molar-refractivity contribution in [1.29, 1.82) is 0 Å². The highest BCUT2D eigenvalue weighted by Crippen LogP contribution is 2.13. The van der Waals surface area contributed by atoms with E-state index in [9.17, 15) is 4.79 Å². The van der Waals surface area contributed by atoms with Crippen LogP contribution in [0.3, 0.4) is 0 Å². The van der Waals surface area contributed by atoms with Gasteiger partial charge in [0.2, 0.25) is 5.91 Å². The molecule has 2 N–H and O–H groups in total. The number of hydrogen-bond acceptors (Lipinski definition) is 5. The smallest absolute Gasteiger partial charge is 0.239 e. The Kier molecular flexibility index (Phi) is 4.89. The van der Waals surface area contributed by atoms with Crippen LogP contribution in [0, 0.1) is 5.92 Å². The largest absolute Gasteiger partial charge is 0.352 e. The van der Waals surface area contributed by atoms with Gasteiger partial charge in [-0.2, -0.15) is 0 Å². The molecule has 0 radical (unpaired) electrons. The minimum atomic E-state index is -0.377. The van der Waals surface area contributed by atoms with Crippen molar-refractivity contribution in [2.75, 3.05) is 31.1 Å². The Morgan fingerprint density at radius 1 is 1.30 bits per heavy atom. The van der Waals surface area contributed by atoms with Gasteiger partial charge in [0.05, 0.1) is 12.2 Å². The lowest BCUT2D eigenvalue weighted by atomic mass is 10.0. The van der Waals surface area contributed by atoms with E-state index in [4.69, 9.17) is 5.73 Å². The maximum atomic E-state index is 12.2. The van der Waals surface area contributed by atoms with Crippen molar-refractivity contribution >= 4 is 11.7 Å². The maximum Gasteiger partial charge on any atom is 0.239 e. The molecule has 1 saturated heterocycles. The summed E-state index contributed by atoms with van der Waals surface area (Å²) in [6.45, 7) is 7.11. The fourth-order valence-electron chi connectivity index (χ4n) is 2.45. The van der Waals surface area contributed by atoms with Crippen molar-refractivity contribution in [1.82, 2.24) is 14.9 Å². The second-order valence-electron chi connectivity index (χ2n) is 5.61. The third-order valence-electron chi connectivity index (χ3n) is 3.51. The van der Waals surface area contributed by atoms with Gasteiger partial charge in [-0.15, -0.1) is 0 Å². The molecule has 6 heteroatoms. The number of carbonyl (C=O) groups is 1. The molecule has 1 amide bonds. The van der Waals surface area contributed by atoms with E-state index in [1.807, 2.05) is 4.90 Å². The number of carbonyl (C=O) groups excluding carboxylic acids is 1. The Hall–Kier alpha value is -1.69. The lowest BCUT2D eigenvalue weighted by Crippen LogP contribution is -2.53. The normalized spacial score (nSPS) is 17.4. The van der Waals surface area contributed by atoms with Crippen molar-refractivity contribution in [3.63, 3.8) is 0 Å². The summed E-state index contributed by atoms with van der Waals surface area (Å²) in [6, 6.07) is -0.377. The van der Waals surface area contributed by atoms with E-state index in [2.05, 4.69) is 28.7 Å². The molecule has 0 spiro atoms. The van der Waals surface area contributed by atoms with Crippen LogP contribution in [0.25, 0.3) is 0 Å². The first kappa shape index (κ1) is 14.7. The van der Waals surface area contributed by atoms with Crippen LogP contribution < -0.4 is 10.6 Å². The van der Waals surface area contributed by atoms with Crippen LogP contribution in [0.5, 0.6) is 0 Å². The van der Waals surface area contributed by atoms with E-state index in [1.54, 1.807) is 18.6 Å². The monoisotopic (exact) mass is 277 g/mol. The Bertz CT molecular complexity index is 428. The number of piperazine rings is 1. The highest BCUT2D eigenvalue weighted by molar-refractivity contribution is 5.81. The molecule has 6 nitrogen and oxygen atoms in total. The molecular weight excluding hydrogens is 254 g/mol.